The zero-order chi connectivity index (χ0) is 23.0. The standard InChI is InChI=1S/C21H39NO6P2S/c1-5-25-29(23,26-6-2)21(30(24,27-7-3)28-8-4)22-18-14-9-10-15-19-31-20-16-12-11-13-17-20/h11-13,16-17,21-22H,5-10,14-15,18-19H2,1-4H3. The summed E-state index contributed by atoms with van der Waals surface area (Å²) in [7, 11) is -7.48. The van der Waals surface area contributed by atoms with Gasteiger partial charge in [-0.15, -0.1) is 11.8 Å². The van der Waals surface area contributed by atoms with Gasteiger partial charge in [0.05, 0.1) is 26.4 Å². The minimum absolute atomic E-state index is 0.173. The first-order chi connectivity index (χ1) is 15.0. The molecule has 0 aliphatic heterocycles. The zero-order valence-electron chi connectivity index (χ0n) is 19.3. The second kappa shape index (κ2) is 16.4. The van der Waals surface area contributed by atoms with E-state index in [0.717, 1.165) is 31.4 Å². The SMILES string of the molecule is CCOP(=O)(OCC)C(NCCCCCCSc1ccccc1)P(=O)(OCC)OCC. The maximum atomic E-state index is 13.4. The molecule has 0 heterocycles. The van der Waals surface area contributed by atoms with E-state index in [1.54, 1.807) is 27.7 Å². The highest BCUT2D eigenvalue weighted by atomic mass is 32.2. The van der Waals surface area contributed by atoms with Crippen molar-refractivity contribution < 1.29 is 27.2 Å². The van der Waals surface area contributed by atoms with Crippen LogP contribution in [0.5, 0.6) is 0 Å². The predicted molar refractivity (Wildman–Crippen MR) is 129 cm³/mol. The Labute approximate surface area is 192 Å². The number of rotatable bonds is 19. The largest absolute Gasteiger partial charge is 0.359 e. The van der Waals surface area contributed by atoms with Crippen molar-refractivity contribution in [3.8, 4) is 0 Å². The molecule has 0 bridgehead atoms. The molecule has 1 rings (SSSR count). The van der Waals surface area contributed by atoms with Crippen molar-refractivity contribution in [2.45, 2.75) is 63.8 Å². The fraction of sp³-hybridized carbons (Fsp3) is 0.714. The molecule has 180 valence electrons. The first kappa shape index (κ1) is 28.9. The van der Waals surface area contributed by atoms with E-state index >= 15 is 0 Å². The van der Waals surface area contributed by atoms with Crippen LogP contribution in [0.25, 0.3) is 0 Å². The van der Waals surface area contributed by atoms with Crippen molar-refractivity contribution in [1.29, 1.82) is 0 Å². The summed E-state index contributed by atoms with van der Waals surface area (Å²) < 4.78 is 48.7. The van der Waals surface area contributed by atoms with Gasteiger partial charge in [-0.1, -0.05) is 31.0 Å². The number of hydrogen-bond acceptors (Lipinski definition) is 8. The second-order valence-corrected chi connectivity index (χ2v) is 12.5. The van der Waals surface area contributed by atoms with Crippen LogP contribution in [-0.4, -0.2) is 44.2 Å². The summed E-state index contributed by atoms with van der Waals surface area (Å²) in [6.45, 7) is 8.11. The molecule has 0 aromatic heterocycles. The summed E-state index contributed by atoms with van der Waals surface area (Å²) >= 11 is 1.86. The lowest BCUT2D eigenvalue weighted by molar-refractivity contribution is 0.190. The molecule has 0 aliphatic rings. The molecule has 0 aliphatic carbocycles. The smallest absolute Gasteiger partial charge is 0.307 e. The molecule has 0 atom stereocenters. The number of benzene rings is 1. The highest BCUT2D eigenvalue weighted by molar-refractivity contribution is 7.99. The molecule has 0 saturated heterocycles. The van der Waals surface area contributed by atoms with Gasteiger partial charge in [0.15, 0.2) is 0 Å². The number of nitrogens with one attached hydrogen (secondary N) is 1. The van der Waals surface area contributed by atoms with Gasteiger partial charge in [0, 0.05) is 4.90 Å². The Kier molecular flexibility index (Phi) is 15.3. The quantitative estimate of drug-likeness (QED) is 0.128. The van der Waals surface area contributed by atoms with Crippen molar-refractivity contribution in [3.05, 3.63) is 30.3 Å². The number of hydrogen-bond donors (Lipinski definition) is 1. The van der Waals surface area contributed by atoms with E-state index in [-0.39, 0.29) is 26.4 Å². The summed E-state index contributed by atoms with van der Waals surface area (Å²) in [5.41, 5.74) is -1.14. The van der Waals surface area contributed by atoms with E-state index in [9.17, 15) is 9.13 Å². The van der Waals surface area contributed by atoms with Gasteiger partial charge >= 0.3 is 15.2 Å². The maximum Gasteiger partial charge on any atom is 0.359 e. The molecule has 0 unspecified atom stereocenters. The van der Waals surface area contributed by atoms with E-state index < -0.39 is 20.7 Å². The molecule has 7 nitrogen and oxygen atoms in total. The van der Waals surface area contributed by atoms with Crippen molar-refractivity contribution in [3.63, 3.8) is 0 Å². The van der Waals surface area contributed by atoms with Crippen LogP contribution in [0.2, 0.25) is 0 Å². The highest BCUT2D eigenvalue weighted by Gasteiger charge is 2.50. The van der Waals surface area contributed by atoms with Gasteiger partial charge in [0.1, 0.15) is 0 Å². The van der Waals surface area contributed by atoms with Gasteiger partial charge in [0.2, 0.25) is 5.52 Å². The molecular weight excluding hydrogens is 456 g/mol. The molecular formula is C21H39NO6P2S. The molecule has 0 saturated carbocycles. The molecule has 0 amide bonds. The minimum Gasteiger partial charge on any atom is -0.307 e. The van der Waals surface area contributed by atoms with Gasteiger partial charge in [-0.25, -0.2) is 0 Å². The minimum atomic E-state index is -3.74. The average Bonchev–Trinajstić information content (AvgIpc) is 2.74. The normalized spacial score (nSPS) is 12.5. The zero-order valence-corrected chi connectivity index (χ0v) is 21.9. The Morgan fingerprint density at radius 3 is 1.74 bits per heavy atom. The maximum absolute atomic E-state index is 13.4. The van der Waals surface area contributed by atoms with Crippen molar-refractivity contribution >= 4 is 27.0 Å². The molecule has 1 aromatic carbocycles. The lowest BCUT2D eigenvalue weighted by Gasteiger charge is -2.31. The van der Waals surface area contributed by atoms with Crippen molar-refractivity contribution in [2.75, 3.05) is 38.7 Å². The first-order valence-electron chi connectivity index (χ1n) is 11.1. The molecule has 10 heteroatoms. The average molecular weight is 496 g/mol. The van der Waals surface area contributed by atoms with Gasteiger partial charge in [-0.3, -0.25) is 14.4 Å². The Morgan fingerprint density at radius 1 is 0.774 bits per heavy atom. The van der Waals surface area contributed by atoms with E-state index in [1.165, 1.54) is 4.90 Å². The molecule has 31 heavy (non-hydrogen) atoms. The predicted octanol–water partition coefficient (Wildman–Crippen LogP) is 6.74. The molecule has 1 N–H and O–H groups in total. The van der Waals surface area contributed by atoms with E-state index in [4.69, 9.17) is 18.1 Å². The molecule has 0 spiro atoms. The topological polar surface area (TPSA) is 83.1 Å². The summed E-state index contributed by atoms with van der Waals surface area (Å²) in [6.07, 6.45) is 4.07. The van der Waals surface area contributed by atoms with Crippen molar-refractivity contribution in [1.82, 2.24) is 5.32 Å². The van der Waals surface area contributed by atoms with E-state index in [2.05, 4.69) is 29.6 Å². The Hall–Kier alpha value is -0.170. The molecule has 0 fully saturated rings. The van der Waals surface area contributed by atoms with E-state index in [1.807, 2.05) is 17.8 Å². The fourth-order valence-corrected chi connectivity index (χ4v) is 8.97. The molecule has 0 radical (unpaired) electrons. The van der Waals surface area contributed by atoms with Crippen LogP contribution in [0.4, 0.5) is 0 Å². The van der Waals surface area contributed by atoms with Crippen LogP contribution in [0, 0.1) is 0 Å². The van der Waals surface area contributed by atoms with Crippen LogP contribution in [-0.2, 0) is 27.2 Å². The van der Waals surface area contributed by atoms with Crippen molar-refractivity contribution in [2.24, 2.45) is 0 Å². The van der Waals surface area contributed by atoms with Gasteiger partial charge in [0.25, 0.3) is 0 Å². The molecule has 1 aromatic rings. The Balaban J connectivity index is 2.58. The van der Waals surface area contributed by atoms with Crippen LogP contribution >= 0.6 is 27.0 Å². The fourth-order valence-electron chi connectivity index (χ4n) is 2.99. The summed E-state index contributed by atoms with van der Waals surface area (Å²) in [6, 6.07) is 10.4. The summed E-state index contributed by atoms with van der Waals surface area (Å²) in [4.78, 5) is 1.29. The summed E-state index contributed by atoms with van der Waals surface area (Å²) in [5.74, 6) is 1.08. The third-order valence-corrected chi connectivity index (χ3v) is 11.1. The lowest BCUT2D eigenvalue weighted by atomic mass is 10.2. The van der Waals surface area contributed by atoms with Gasteiger partial charge in [-0.05, 0) is 65.0 Å². The van der Waals surface area contributed by atoms with Crippen LogP contribution in [0.3, 0.4) is 0 Å². The van der Waals surface area contributed by atoms with Crippen LogP contribution < -0.4 is 5.32 Å². The number of thioether (sulfide) groups is 1. The number of unbranched alkanes of at least 4 members (excludes halogenated alkanes) is 3. The third kappa shape index (κ3) is 10.5. The third-order valence-electron chi connectivity index (χ3n) is 4.25. The van der Waals surface area contributed by atoms with Gasteiger partial charge in [-0.2, -0.15) is 0 Å². The van der Waals surface area contributed by atoms with Crippen LogP contribution in [0.15, 0.2) is 35.2 Å². The summed E-state index contributed by atoms with van der Waals surface area (Å²) in [5, 5.41) is 3.13. The van der Waals surface area contributed by atoms with Gasteiger partial charge < -0.3 is 18.1 Å². The van der Waals surface area contributed by atoms with E-state index in [0.29, 0.717) is 6.54 Å². The second-order valence-electron chi connectivity index (χ2n) is 6.65. The Morgan fingerprint density at radius 2 is 1.26 bits per heavy atom. The first-order valence-corrected chi connectivity index (χ1v) is 15.3. The lowest BCUT2D eigenvalue weighted by Crippen LogP contribution is -2.33. The Bertz CT molecular complexity index is 629. The van der Waals surface area contributed by atoms with Crippen LogP contribution in [0.1, 0.15) is 53.4 Å². The highest BCUT2D eigenvalue weighted by Crippen LogP contribution is 2.69. The monoisotopic (exact) mass is 495 g/mol.